The van der Waals surface area contributed by atoms with Crippen LogP contribution in [-0.4, -0.2) is 5.91 Å². The summed E-state index contributed by atoms with van der Waals surface area (Å²) in [7, 11) is 0. The minimum Gasteiger partial charge on any atom is -0.319 e. The van der Waals surface area contributed by atoms with E-state index in [-0.39, 0.29) is 21.3 Å². The Hall–Kier alpha value is -1.29. The maximum absolute atomic E-state index is 13.7. The first-order valence-corrected chi connectivity index (χ1v) is 6.33. The zero-order valence-corrected chi connectivity index (χ0v) is 11.7. The molecule has 0 saturated carbocycles. The molecule has 98 valence electrons. The average Bonchev–Trinajstić information content (AvgIpc) is 2.38. The van der Waals surface area contributed by atoms with Crippen molar-refractivity contribution in [2.24, 2.45) is 0 Å². The summed E-state index contributed by atoms with van der Waals surface area (Å²) in [5, 5.41) is 2.91. The molecule has 0 aliphatic heterocycles. The number of benzene rings is 2. The van der Waals surface area contributed by atoms with Crippen LogP contribution < -0.4 is 5.32 Å². The van der Waals surface area contributed by atoms with Crippen molar-refractivity contribution in [1.29, 1.82) is 0 Å². The first-order chi connectivity index (χ1) is 8.99. The second kappa shape index (κ2) is 5.78. The highest BCUT2D eigenvalue weighted by Crippen LogP contribution is 2.25. The molecule has 0 aromatic heterocycles. The molecule has 0 atom stereocenters. The lowest BCUT2D eigenvalue weighted by atomic mass is 10.2. The maximum Gasteiger partial charge on any atom is 0.257 e. The Balaban J connectivity index is 2.31. The molecule has 2 aromatic rings. The van der Waals surface area contributed by atoms with Crippen molar-refractivity contribution in [3.8, 4) is 0 Å². The second-order valence-electron chi connectivity index (χ2n) is 3.68. The Kier molecular flexibility index (Phi) is 4.30. The van der Waals surface area contributed by atoms with Crippen molar-refractivity contribution >= 4 is 46.4 Å². The van der Waals surface area contributed by atoms with E-state index < -0.39 is 11.7 Å². The van der Waals surface area contributed by atoms with Crippen molar-refractivity contribution in [2.45, 2.75) is 0 Å². The third-order valence-corrected chi connectivity index (χ3v) is 3.23. The number of nitrogens with one attached hydrogen (secondary N) is 1. The van der Waals surface area contributed by atoms with E-state index in [1.165, 1.54) is 30.3 Å². The number of carbonyl (C=O) groups is 1. The van der Waals surface area contributed by atoms with Crippen molar-refractivity contribution in [1.82, 2.24) is 0 Å². The smallest absolute Gasteiger partial charge is 0.257 e. The Labute approximate surface area is 124 Å². The van der Waals surface area contributed by atoms with Gasteiger partial charge >= 0.3 is 0 Å². The van der Waals surface area contributed by atoms with E-state index in [0.29, 0.717) is 5.02 Å². The molecule has 0 bridgehead atoms. The quantitative estimate of drug-likeness (QED) is 0.826. The first-order valence-electron chi connectivity index (χ1n) is 5.19. The molecule has 19 heavy (non-hydrogen) atoms. The third-order valence-electron chi connectivity index (χ3n) is 2.37. The Morgan fingerprint density at radius 1 is 1.05 bits per heavy atom. The van der Waals surface area contributed by atoms with Crippen LogP contribution in [0, 0.1) is 5.82 Å². The average molecular weight is 319 g/mol. The summed E-state index contributed by atoms with van der Waals surface area (Å²) in [6.45, 7) is 0. The number of hydrogen-bond donors (Lipinski definition) is 1. The monoisotopic (exact) mass is 317 g/mol. The largest absolute Gasteiger partial charge is 0.319 e. The van der Waals surface area contributed by atoms with Crippen molar-refractivity contribution in [3.05, 3.63) is 62.8 Å². The summed E-state index contributed by atoms with van der Waals surface area (Å²) in [5.41, 5.74) is 0.141. The number of halogens is 4. The predicted molar refractivity (Wildman–Crippen MR) is 75.8 cm³/mol. The molecule has 0 fully saturated rings. The molecule has 1 amide bonds. The van der Waals surface area contributed by atoms with Gasteiger partial charge in [0.1, 0.15) is 0 Å². The molecule has 0 aliphatic rings. The molecule has 0 radical (unpaired) electrons. The molecule has 0 saturated heterocycles. The normalized spacial score (nSPS) is 10.3. The Morgan fingerprint density at radius 2 is 1.79 bits per heavy atom. The molecule has 0 unspecified atom stereocenters. The van der Waals surface area contributed by atoms with Crippen LogP contribution in [0.15, 0.2) is 36.4 Å². The summed E-state index contributed by atoms with van der Waals surface area (Å²) in [6.07, 6.45) is 0. The summed E-state index contributed by atoms with van der Waals surface area (Å²) in [4.78, 5) is 12.0. The van der Waals surface area contributed by atoms with Crippen LogP contribution in [0.2, 0.25) is 15.1 Å². The van der Waals surface area contributed by atoms with Gasteiger partial charge in [-0.05, 0) is 30.3 Å². The van der Waals surface area contributed by atoms with Gasteiger partial charge in [0.25, 0.3) is 5.91 Å². The van der Waals surface area contributed by atoms with Gasteiger partial charge in [-0.25, -0.2) is 4.39 Å². The molecule has 2 rings (SSSR count). The predicted octanol–water partition coefficient (Wildman–Crippen LogP) is 5.04. The van der Waals surface area contributed by atoms with Crippen molar-refractivity contribution in [2.75, 3.05) is 5.32 Å². The molecular weight excluding hydrogens is 312 g/mol. The highest BCUT2D eigenvalue weighted by molar-refractivity contribution is 6.36. The van der Waals surface area contributed by atoms with E-state index in [4.69, 9.17) is 34.8 Å². The molecule has 6 heteroatoms. The van der Waals surface area contributed by atoms with Gasteiger partial charge in [-0.1, -0.05) is 40.9 Å². The topological polar surface area (TPSA) is 29.1 Å². The molecular formula is C13H7Cl3FNO. The lowest BCUT2D eigenvalue weighted by Gasteiger charge is -2.08. The van der Waals surface area contributed by atoms with Crippen LogP contribution in [0.25, 0.3) is 0 Å². The Morgan fingerprint density at radius 3 is 2.53 bits per heavy atom. The zero-order chi connectivity index (χ0) is 14.0. The minimum atomic E-state index is -0.698. The van der Waals surface area contributed by atoms with Crippen molar-refractivity contribution < 1.29 is 9.18 Å². The van der Waals surface area contributed by atoms with E-state index in [9.17, 15) is 9.18 Å². The minimum absolute atomic E-state index is 0.0199. The van der Waals surface area contributed by atoms with Gasteiger partial charge in [-0.15, -0.1) is 0 Å². The van der Waals surface area contributed by atoms with Crippen LogP contribution in [-0.2, 0) is 0 Å². The van der Waals surface area contributed by atoms with E-state index in [1.807, 2.05) is 0 Å². The molecule has 0 spiro atoms. The molecule has 1 N–H and O–H groups in total. The highest BCUT2D eigenvalue weighted by atomic mass is 35.5. The molecule has 2 nitrogen and oxygen atoms in total. The lowest BCUT2D eigenvalue weighted by Crippen LogP contribution is -2.13. The number of hydrogen-bond acceptors (Lipinski definition) is 1. The SMILES string of the molecule is O=C(Nc1cccc(Cl)c1F)c1cc(Cl)ccc1Cl. The summed E-state index contributed by atoms with van der Waals surface area (Å²) in [5.74, 6) is -1.26. The van der Waals surface area contributed by atoms with Gasteiger partial charge in [0, 0.05) is 5.02 Å². The summed E-state index contributed by atoms with van der Waals surface area (Å²) < 4.78 is 13.7. The van der Waals surface area contributed by atoms with Crippen LogP contribution in [0.1, 0.15) is 10.4 Å². The number of carbonyl (C=O) groups excluding carboxylic acids is 1. The van der Waals surface area contributed by atoms with Crippen LogP contribution in [0.3, 0.4) is 0 Å². The van der Waals surface area contributed by atoms with E-state index in [1.54, 1.807) is 6.07 Å². The zero-order valence-electron chi connectivity index (χ0n) is 9.38. The Bertz CT molecular complexity index is 646. The highest BCUT2D eigenvalue weighted by Gasteiger charge is 2.14. The van der Waals surface area contributed by atoms with E-state index in [0.717, 1.165) is 0 Å². The fourth-order valence-corrected chi connectivity index (χ4v) is 2.01. The van der Waals surface area contributed by atoms with Crippen LogP contribution in [0.5, 0.6) is 0 Å². The van der Waals surface area contributed by atoms with E-state index in [2.05, 4.69) is 5.32 Å². The molecule has 2 aromatic carbocycles. The van der Waals surface area contributed by atoms with Gasteiger partial charge in [0.05, 0.1) is 21.3 Å². The van der Waals surface area contributed by atoms with Gasteiger partial charge in [-0.2, -0.15) is 0 Å². The van der Waals surface area contributed by atoms with Crippen LogP contribution >= 0.6 is 34.8 Å². The standard InChI is InChI=1S/C13H7Cl3FNO/c14-7-4-5-9(15)8(6-7)13(19)18-11-3-1-2-10(16)12(11)17/h1-6H,(H,18,19). The van der Waals surface area contributed by atoms with Crippen LogP contribution in [0.4, 0.5) is 10.1 Å². The number of anilines is 1. The number of amides is 1. The third kappa shape index (κ3) is 3.18. The maximum atomic E-state index is 13.7. The van der Waals surface area contributed by atoms with Crippen molar-refractivity contribution in [3.63, 3.8) is 0 Å². The summed E-state index contributed by atoms with van der Waals surface area (Å²) >= 11 is 17.3. The second-order valence-corrected chi connectivity index (χ2v) is 4.93. The van der Waals surface area contributed by atoms with Gasteiger partial charge in [0.15, 0.2) is 5.82 Å². The first kappa shape index (κ1) is 14.1. The molecule has 0 aliphatic carbocycles. The lowest BCUT2D eigenvalue weighted by molar-refractivity contribution is 0.102. The van der Waals surface area contributed by atoms with E-state index >= 15 is 0 Å². The number of rotatable bonds is 2. The fraction of sp³-hybridized carbons (Fsp3) is 0. The fourth-order valence-electron chi connectivity index (χ4n) is 1.46. The van der Waals surface area contributed by atoms with Gasteiger partial charge < -0.3 is 5.32 Å². The van der Waals surface area contributed by atoms with Gasteiger partial charge in [-0.3, -0.25) is 4.79 Å². The summed E-state index contributed by atoms with van der Waals surface area (Å²) in [6, 6.07) is 8.77. The van der Waals surface area contributed by atoms with Gasteiger partial charge in [0.2, 0.25) is 0 Å². The molecule has 0 heterocycles.